The summed E-state index contributed by atoms with van der Waals surface area (Å²) in [6.07, 6.45) is 2.33. The Hall–Kier alpha value is -1.02. The van der Waals surface area contributed by atoms with Crippen LogP contribution in [0, 0.1) is 20.8 Å². The molecule has 0 bridgehead atoms. The molecule has 1 unspecified atom stereocenters. The minimum atomic E-state index is -0.0509. The molecule has 2 nitrogen and oxygen atoms in total. The van der Waals surface area contributed by atoms with Crippen molar-refractivity contribution in [2.75, 3.05) is 13.1 Å². The van der Waals surface area contributed by atoms with E-state index in [2.05, 4.69) is 45.1 Å². The summed E-state index contributed by atoms with van der Waals surface area (Å²) in [5, 5.41) is 3.42. The van der Waals surface area contributed by atoms with Crippen LogP contribution < -0.4 is 10.1 Å². The highest BCUT2D eigenvalue weighted by atomic mass is 16.5. The first kappa shape index (κ1) is 12.4. The Kier molecular flexibility index (Phi) is 3.43. The third-order valence-corrected chi connectivity index (χ3v) is 3.71. The number of aryl methyl sites for hydroxylation is 3. The Morgan fingerprint density at radius 2 is 1.82 bits per heavy atom. The van der Waals surface area contributed by atoms with E-state index in [4.69, 9.17) is 4.74 Å². The monoisotopic (exact) mass is 233 g/mol. The Morgan fingerprint density at radius 3 is 2.47 bits per heavy atom. The van der Waals surface area contributed by atoms with Gasteiger partial charge >= 0.3 is 0 Å². The molecule has 1 aliphatic heterocycles. The number of nitrogens with one attached hydrogen (secondary N) is 1. The van der Waals surface area contributed by atoms with Gasteiger partial charge in [0.15, 0.2) is 0 Å². The van der Waals surface area contributed by atoms with E-state index in [1.165, 1.54) is 23.1 Å². The summed E-state index contributed by atoms with van der Waals surface area (Å²) in [5.74, 6) is 1.04. The van der Waals surface area contributed by atoms with Crippen LogP contribution in [0.1, 0.15) is 36.5 Å². The molecule has 1 fully saturated rings. The number of ether oxygens (including phenoxy) is 1. The lowest BCUT2D eigenvalue weighted by atomic mass is 9.96. The molecule has 1 aliphatic rings. The van der Waals surface area contributed by atoms with E-state index in [-0.39, 0.29) is 5.60 Å². The zero-order valence-corrected chi connectivity index (χ0v) is 11.4. The van der Waals surface area contributed by atoms with Gasteiger partial charge in [0.05, 0.1) is 0 Å². The van der Waals surface area contributed by atoms with Crippen molar-refractivity contribution in [3.05, 3.63) is 28.8 Å². The Labute approximate surface area is 104 Å². The SMILES string of the molecule is Cc1cc(C)c(OC2(C)CCCNC2)cc1C. The smallest absolute Gasteiger partial charge is 0.123 e. The minimum Gasteiger partial charge on any atom is -0.486 e. The van der Waals surface area contributed by atoms with Crippen molar-refractivity contribution < 1.29 is 4.74 Å². The topological polar surface area (TPSA) is 21.3 Å². The van der Waals surface area contributed by atoms with E-state index in [1.54, 1.807) is 0 Å². The fourth-order valence-electron chi connectivity index (χ4n) is 2.43. The first-order chi connectivity index (χ1) is 8.00. The molecule has 0 amide bonds. The van der Waals surface area contributed by atoms with Gasteiger partial charge in [0.2, 0.25) is 0 Å². The summed E-state index contributed by atoms with van der Waals surface area (Å²) in [6.45, 7) is 10.7. The molecule has 1 saturated heterocycles. The molecule has 0 radical (unpaired) electrons. The maximum atomic E-state index is 6.25. The third-order valence-electron chi connectivity index (χ3n) is 3.71. The summed E-state index contributed by atoms with van der Waals surface area (Å²) >= 11 is 0. The van der Waals surface area contributed by atoms with Crippen molar-refractivity contribution in [2.24, 2.45) is 0 Å². The molecule has 1 aromatic carbocycles. The maximum Gasteiger partial charge on any atom is 0.123 e. The third kappa shape index (κ3) is 2.81. The summed E-state index contributed by atoms with van der Waals surface area (Å²) in [5.41, 5.74) is 3.82. The van der Waals surface area contributed by atoms with Gasteiger partial charge in [0.25, 0.3) is 0 Å². The average molecular weight is 233 g/mol. The van der Waals surface area contributed by atoms with Crippen molar-refractivity contribution in [2.45, 2.75) is 46.1 Å². The molecule has 1 aromatic rings. The van der Waals surface area contributed by atoms with E-state index >= 15 is 0 Å². The highest BCUT2D eigenvalue weighted by Crippen LogP contribution is 2.29. The van der Waals surface area contributed by atoms with Crippen LogP contribution in [-0.2, 0) is 0 Å². The van der Waals surface area contributed by atoms with Gasteiger partial charge in [-0.2, -0.15) is 0 Å². The Bertz CT molecular complexity index is 406. The van der Waals surface area contributed by atoms with Crippen LogP contribution in [0.2, 0.25) is 0 Å². The van der Waals surface area contributed by atoms with Gasteiger partial charge < -0.3 is 10.1 Å². The van der Waals surface area contributed by atoms with E-state index in [1.807, 2.05) is 0 Å². The second-order valence-corrected chi connectivity index (χ2v) is 5.53. The molecule has 2 rings (SSSR count). The van der Waals surface area contributed by atoms with E-state index < -0.39 is 0 Å². The van der Waals surface area contributed by atoms with Crippen molar-refractivity contribution >= 4 is 0 Å². The van der Waals surface area contributed by atoms with Gasteiger partial charge in [0, 0.05) is 6.54 Å². The normalized spacial score (nSPS) is 24.7. The van der Waals surface area contributed by atoms with E-state index in [0.29, 0.717) is 0 Å². The standard InChI is InChI=1S/C15H23NO/c1-11-8-13(3)14(9-12(11)2)17-15(4)6-5-7-16-10-15/h8-9,16H,5-7,10H2,1-4H3. The van der Waals surface area contributed by atoms with Crippen LogP contribution in [0.25, 0.3) is 0 Å². The summed E-state index contributed by atoms with van der Waals surface area (Å²) in [7, 11) is 0. The summed E-state index contributed by atoms with van der Waals surface area (Å²) < 4.78 is 6.25. The second-order valence-electron chi connectivity index (χ2n) is 5.53. The summed E-state index contributed by atoms with van der Waals surface area (Å²) in [4.78, 5) is 0. The van der Waals surface area contributed by atoms with Crippen LogP contribution in [0.4, 0.5) is 0 Å². The van der Waals surface area contributed by atoms with Gasteiger partial charge in [0.1, 0.15) is 11.4 Å². The number of benzene rings is 1. The largest absolute Gasteiger partial charge is 0.486 e. The maximum absolute atomic E-state index is 6.25. The molecule has 0 aliphatic carbocycles. The highest BCUT2D eigenvalue weighted by molar-refractivity contribution is 5.41. The minimum absolute atomic E-state index is 0.0509. The van der Waals surface area contributed by atoms with Crippen molar-refractivity contribution in [1.29, 1.82) is 0 Å². The van der Waals surface area contributed by atoms with Gasteiger partial charge in [-0.25, -0.2) is 0 Å². The van der Waals surface area contributed by atoms with Gasteiger partial charge in [-0.1, -0.05) is 6.07 Å². The number of hydrogen-bond donors (Lipinski definition) is 1. The van der Waals surface area contributed by atoms with Crippen LogP contribution in [0.5, 0.6) is 5.75 Å². The van der Waals surface area contributed by atoms with Crippen molar-refractivity contribution in [3.63, 3.8) is 0 Å². The molecule has 1 heterocycles. The lowest BCUT2D eigenvalue weighted by Gasteiger charge is -2.35. The lowest BCUT2D eigenvalue weighted by molar-refractivity contribution is 0.0606. The quantitative estimate of drug-likeness (QED) is 0.847. The van der Waals surface area contributed by atoms with Crippen LogP contribution in [0.15, 0.2) is 12.1 Å². The van der Waals surface area contributed by atoms with Gasteiger partial charge in [-0.05, 0) is 69.8 Å². The predicted molar refractivity (Wildman–Crippen MR) is 71.8 cm³/mol. The van der Waals surface area contributed by atoms with Gasteiger partial charge in [-0.15, -0.1) is 0 Å². The van der Waals surface area contributed by atoms with Crippen LogP contribution >= 0.6 is 0 Å². The number of piperidine rings is 1. The first-order valence-corrected chi connectivity index (χ1v) is 6.48. The predicted octanol–water partition coefficient (Wildman–Crippen LogP) is 3.13. The molecule has 2 heteroatoms. The molecule has 0 saturated carbocycles. The van der Waals surface area contributed by atoms with Crippen LogP contribution in [0.3, 0.4) is 0 Å². The number of hydrogen-bond acceptors (Lipinski definition) is 2. The number of rotatable bonds is 2. The Balaban J connectivity index is 2.20. The molecular weight excluding hydrogens is 210 g/mol. The fourth-order valence-corrected chi connectivity index (χ4v) is 2.43. The zero-order valence-electron chi connectivity index (χ0n) is 11.4. The van der Waals surface area contributed by atoms with Crippen molar-refractivity contribution in [1.82, 2.24) is 5.32 Å². The molecule has 94 valence electrons. The first-order valence-electron chi connectivity index (χ1n) is 6.48. The molecule has 0 spiro atoms. The second kappa shape index (κ2) is 4.69. The zero-order chi connectivity index (χ0) is 12.5. The Morgan fingerprint density at radius 1 is 1.12 bits per heavy atom. The fraction of sp³-hybridized carbons (Fsp3) is 0.600. The molecule has 0 aromatic heterocycles. The van der Waals surface area contributed by atoms with Crippen LogP contribution in [-0.4, -0.2) is 18.7 Å². The van der Waals surface area contributed by atoms with Gasteiger partial charge in [-0.3, -0.25) is 0 Å². The summed E-state index contributed by atoms with van der Waals surface area (Å²) in [6, 6.07) is 4.38. The highest BCUT2D eigenvalue weighted by Gasteiger charge is 2.29. The molecular formula is C15H23NO. The lowest BCUT2D eigenvalue weighted by Crippen LogP contribution is -2.47. The van der Waals surface area contributed by atoms with E-state index in [9.17, 15) is 0 Å². The average Bonchev–Trinajstić information content (AvgIpc) is 2.26. The van der Waals surface area contributed by atoms with Crippen molar-refractivity contribution in [3.8, 4) is 5.75 Å². The molecule has 17 heavy (non-hydrogen) atoms. The molecule has 1 N–H and O–H groups in total. The molecule has 1 atom stereocenters. The van der Waals surface area contributed by atoms with E-state index in [0.717, 1.165) is 25.3 Å².